The minimum Gasteiger partial charge on any atom is -0.358 e. The number of halogens is 5. The van der Waals surface area contributed by atoms with Crippen molar-refractivity contribution in [3.8, 4) is 0 Å². The minimum absolute atomic E-state index is 0.0729. The number of urea groups is 1. The molecule has 2 aromatic carbocycles. The van der Waals surface area contributed by atoms with Gasteiger partial charge >= 0.3 is 12.2 Å². The maximum absolute atomic E-state index is 13.4. The van der Waals surface area contributed by atoms with Crippen molar-refractivity contribution < 1.29 is 22.4 Å². The Morgan fingerprint density at radius 3 is 2.65 bits per heavy atom. The molecule has 3 rings (SSSR count). The van der Waals surface area contributed by atoms with E-state index in [1.54, 1.807) is 6.07 Å². The molecule has 0 unspecified atom stereocenters. The highest BCUT2D eigenvalue weighted by Crippen LogP contribution is 2.31. The second-order valence-corrected chi connectivity index (χ2v) is 5.99. The molecule has 0 spiro atoms. The maximum atomic E-state index is 13.4. The van der Waals surface area contributed by atoms with Crippen LogP contribution < -0.4 is 10.6 Å². The van der Waals surface area contributed by atoms with Crippen LogP contribution in [-0.4, -0.2) is 11.0 Å². The molecule has 0 saturated carbocycles. The number of aromatic nitrogens is 1. The predicted molar refractivity (Wildman–Crippen MR) is 90.6 cm³/mol. The number of aromatic amines is 1. The molecule has 0 fully saturated rings. The van der Waals surface area contributed by atoms with Crippen LogP contribution in [0, 0.1) is 5.82 Å². The predicted octanol–water partition coefficient (Wildman–Crippen LogP) is 5.30. The van der Waals surface area contributed by atoms with Crippen molar-refractivity contribution >= 4 is 34.2 Å². The zero-order valence-corrected chi connectivity index (χ0v) is 13.8. The van der Waals surface area contributed by atoms with E-state index in [2.05, 4.69) is 15.6 Å². The van der Waals surface area contributed by atoms with Crippen molar-refractivity contribution in [1.82, 2.24) is 10.3 Å². The monoisotopic (exact) mass is 385 g/mol. The Hall–Kier alpha value is -2.74. The first kappa shape index (κ1) is 18.1. The summed E-state index contributed by atoms with van der Waals surface area (Å²) in [4.78, 5) is 14.7. The average molecular weight is 386 g/mol. The standard InChI is InChI=1S/C17H12ClF4N3O/c18-11-4-9(3-10(5-11)17(20,21)22)7-24-16(26)25-12-1-2-13-14(19)8-23-15(13)6-12/h1-6,8,23H,7H2,(H2,24,25,26). The van der Waals surface area contributed by atoms with Crippen LogP contribution in [-0.2, 0) is 12.7 Å². The number of nitrogens with one attached hydrogen (secondary N) is 3. The van der Waals surface area contributed by atoms with E-state index in [-0.39, 0.29) is 17.1 Å². The number of fused-ring (bicyclic) bond motifs is 1. The van der Waals surface area contributed by atoms with Gasteiger partial charge in [0.1, 0.15) is 5.82 Å². The summed E-state index contributed by atoms with van der Waals surface area (Å²) in [6.45, 7) is -0.144. The van der Waals surface area contributed by atoms with Gasteiger partial charge in [-0.3, -0.25) is 0 Å². The fraction of sp³-hybridized carbons (Fsp3) is 0.118. The Labute approximate surface area is 150 Å². The molecule has 0 bridgehead atoms. The Bertz CT molecular complexity index is 968. The zero-order chi connectivity index (χ0) is 18.9. The van der Waals surface area contributed by atoms with Crippen LogP contribution in [0.1, 0.15) is 11.1 Å². The van der Waals surface area contributed by atoms with Gasteiger partial charge in [-0.25, -0.2) is 9.18 Å². The molecule has 26 heavy (non-hydrogen) atoms. The van der Waals surface area contributed by atoms with E-state index in [0.29, 0.717) is 16.6 Å². The fourth-order valence-electron chi connectivity index (χ4n) is 2.44. The van der Waals surface area contributed by atoms with Crippen LogP contribution in [0.15, 0.2) is 42.6 Å². The highest BCUT2D eigenvalue weighted by atomic mass is 35.5. The van der Waals surface area contributed by atoms with Crippen LogP contribution in [0.5, 0.6) is 0 Å². The highest BCUT2D eigenvalue weighted by molar-refractivity contribution is 6.30. The summed E-state index contributed by atoms with van der Waals surface area (Å²) in [6, 6.07) is 7.01. The molecule has 2 amide bonds. The summed E-state index contributed by atoms with van der Waals surface area (Å²) in [6.07, 6.45) is -3.32. The molecule has 4 nitrogen and oxygen atoms in total. The lowest BCUT2D eigenvalue weighted by Crippen LogP contribution is -2.28. The molecule has 0 aliphatic rings. The van der Waals surface area contributed by atoms with Gasteiger partial charge in [0, 0.05) is 28.8 Å². The number of alkyl halides is 3. The first-order chi connectivity index (χ1) is 12.2. The van der Waals surface area contributed by atoms with Gasteiger partial charge in [-0.15, -0.1) is 0 Å². The number of anilines is 1. The number of hydrogen-bond donors (Lipinski definition) is 3. The van der Waals surface area contributed by atoms with E-state index in [9.17, 15) is 22.4 Å². The van der Waals surface area contributed by atoms with Crippen molar-refractivity contribution in [2.24, 2.45) is 0 Å². The lowest BCUT2D eigenvalue weighted by molar-refractivity contribution is -0.137. The van der Waals surface area contributed by atoms with Gasteiger partial charge in [-0.2, -0.15) is 13.2 Å². The number of amides is 2. The van der Waals surface area contributed by atoms with Gasteiger partial charge in [-0.05, 0) is 42.0 Å². The smallest absolute Gasteiger partial charge is 0.358 e. The van der Waals surface area contributed by atoms with Crippen LogP contribution in [0.4, 0.5) is 28.0 Å². The molecule has 0 aliphatic heterocycles. The van der Waals surface area contributed by atoms with Gasteiger partial charge in [-0.1, -0.05) is 11.6 Å². The highest BCUT2D eigenvalue weighted by Gasteiger charge is 2.31. The van der Waals surface area contributed by atoms with Crippen molar-refractivity contribution in [2.75, 3.05) is 5.32 Å². The lowest BCUT2D eigenvalue weighted by Gasteiger charge is -2.11. The van der Waals surface area contributed by atoms with E-state index in [1.807, 2.05) is 0 Å². The Morgan fingerprint density at radius 1 is 1.15 bits per heavy atom. The van der Waals surface area contributed by atoms with Crippen molar-refractivity contribution in [1.29, 1.82) is 0 Å². The van der Waals surface area contributed by atoms with Crippen LogP contribution >= 0.6 is 11.6 Å². The van der Waals surface area contributed by atoms with E-state index in [4.69, 9.17) is 11.6 Å². The van der Waals surface area contributed by atoms with Gasteiger partial charge < -0.3 is 15.6 Å². The number of carbonyl (C=O) groups is 1. The quantitative estimate of drug-likeness (QED) is 0.526. The summed E-state index contributed by atoms with van der Waals surface area (Å²) >= 11 is 5.70. The van der Waals surface area contributed by atoms with Crippen molar-refractivity contribution in [3.05, 3.63) is 64.6 Å². The number of carbonyl (C=O) groups excluding carboxylic acids is 1. The molecule has 136 valence electrons. The largest absolute Gasteiger partial charge is 0.416 e. The number of hydrogen-bond acceptors (Lipinski definition) is 1. The summed E-state index contributed by atoms with van der Waals surface area (Å²) in [7, 11) is 0. The second-order valence-electron chi connectivity index (χ2n) is 5.55. The summed E-state index contributed by atoms with van der Waals surface area (Å²) < 4.78 is 51.7. The van der Waals surface area contributed by atoms with Gasteiger partial charge in [0.05, 0.1) is 11.1 Å². The molecule has 1 heterocycles. The molecular weight excluding hydrogens is 374 g/mol. The summed E-state index contributed by atoms with van der Waals surface area (Å²) in [5.41, 5.74) is 0.229. The molecule has 1 aromatic heterocycles. The topological polar surface area (TPSA) is 56.9 Å². The van der Waals surface area contributed by atoms with E-state index < -0.39 is 23.6 Å². The number of rotatable bonds is 3. The molecule has 0 atom stereocenters. The molecule has 3 N–H and O–H groups in total. The summed E-state index contributed by atoms with van der Waals surface area (Å²) in [5.74, 6) is -0.405. The third-order valence-electron chi connectivity index (χ3n) is 3.63. The molecular formula is C17H12ClF4N3O. The Morgan fingerprint density at radius 2 is 1.92 bits per heavy atom. The van der Waals surface area contributed by atoms with Gasteiger partial charge in [0.2, 0.25) is 0 Å². The molecule has 3 aromatic rings. The molecule has 0 aliphatic carbocycles. The second kappa shape index (κ2) is 6.87. The normalized spacial score (nSPS) is 11.6. The van der Waals surface area contributed by atoms with Gasteiger partial charge in [0.25, 0.3) is 0 Å². The Balaban J connectivity index is 1.66. The number of H-pyrrole nitrogens is 1. The van der Waals surface area contributed by atoms with Crippen molar-refractivity contribution in [2.45, 2.75) is 12.7 Å². The Kier molecular flexibility index (Phi) is 4.78. The maximum Gasteiger partial charge on any atom is 0.416 e. The fourth-order valence-corrected chi connectivity index (χ4v) is 2.70. The average Bonchev–Trinajstić information content (AvgIpc) is 2.92. The molecule has 9 heteroatoms. The third-order valence-corrected chi connectivity index (χ3v) is 3.85. The summed E-state index contributed by atoms with van der Waals surface area (Å²) in [5, 5.41) is 5.28. The SMILES string of the molecule is O=C(NCc1cc(Cl)cc(C(F)(F)F)c1)Nc1ccc2c(F)c[nH]c2c1. The zero-order valence-electron chi connectivity index (χ0n) is 13.0. The van der Waals surface area contributed by atoms with E-state index >= 15 is 0 Å². The van der Waals surface area contributed by atoms with Crippen LogP contribution in [0.25, 0.3) is 10.9 Å². The first-order valence-electron chi connectivity index (χ1n) is 7.40. The lowest BCUT2D eigenvalue weighted by atomic mass is 10.1. The van der Waals surface area contributed by atoms with E-state index in [0.717, 1.165) is 12.1 Å². The van der Waals surface area contributed by atoms with Crippen molar-refractivity contribution in [3.63, 3.8) is 0 Å². The molecule has 0 radical (unpaired) electrons. The number of benzene rings is 2. The van der Waals surface area contributed by atoms with Gasteiger partial charge in [0.15, 0.2) is 0 Å². The van der Waals surface area contributed by atoms with E-state index in [1.165, 1.54) is 24.4 Å². The first-order valence-corrected chi connectivity index (χ1v) is 7.78. The molecule has 0 saturated heterocycles. The van der Waals surface area contributed by atoms with Crippen LogP contribution in [0.2, 0.25) is 5.02 Å². The minimum atomic E-state index is -4.53. The third kappa shape index (κ3) is 4.08. The van der Waals surface area contributed by atoms with Crippen LogP contribution in [0.3, 0.4) is 0 Å².